The van der Waals surface area contributed by atoms with E-state index in [-0.39, 0.29) is 18.0 Å². The van der Waals surface area contributed by atoms with E-state index in [0.29, 0.717) is 23.0 Å². The molecule has 0 unspecified atom stereocenters. The average molecular weight is 531 g/mol. The number of amides is 1. The van der Waals surface area contributed by atoms with Crippen LogP contribution in [0, 0.1) is 0 Å². The van der Waals surface area contributed by atoms with Crippen LogP contribution < -0.4 is 20.3 Å². The summed E-state index contributed by atoms with van der Waals surface area (Å²) in [6.45, 7) is 1.81. The highest BCUT2D eigenvalue weighted by Gasteiger charge is 2.42. The molecule has 1 saturated heterocycles. The van der Waals surface area contributed by atoms with E-state index in [2.05, 4.69) is 15.6 Å². The van der Waals surface area contributed by atoms with Crippen LogP contribution in [0.4, 0.5) is 11.4 Å². The number of benzene rings is 2. The molecule has 9 heteroatoms. The lowest BCUT2D eigenvalue weighted by molar-refractivity contribution is -0.115. The van der Waals surface area contributed by atoms with Gasteiger partial charge in [-0.15, -0.1) is 0 Å². The van der Waals surface area contributed by atoms with Gasteiger partial charge < -0.3 is 24.7 Å². The largest absolute Gasteiger partial charge is 0.494 e. The number of thiocarbonyl (C=S) groups is 1. The summed E-state index contributed by atoms with van der Waals surface area (Å²) >= 11 is 7.38. The molecule has 0 spiro atoms. The fraction of sp³-hybridized carbons (Fsp3) is 0.179. The van der Waals surface area contributed by atoms with Crippen molar-refractivity contribution in [1.29, 1.82) is 0 Å². The molecular formula is C28H26N4O3S2. The number of aromatic nitrogens is 1. The van der Waals surface area contributed by atoms with Crippen molar-refractivity contribution in [1.82, 2.24) is 10.3 Å². The molecule has 2 N–H and O–H groups in total. The lowest BCUT2D eigenvalue weighted by atomic mass is 10.0. The van der Waals surface area contributed by atoms with E-state index in [4.69, 9.17) is 21.4 Å². The van der Waals surface area contributed by atoms with Crippen LogP contribution in [0.15, 0.2) is 99.5 Å². The summed E-state index contributed by atoms with van der Waals surface area (Å²) in [6.07, 6.45) is 2.15. The van der Waals surface area contributed by atoms with Crippen LogP contribution in [0.1, 0.15) is 36.9 Å². The fourth-order valence-corrected chi connectivity index (χ4v) is 5.39. The maximum atomic E-state index is 12.0. The molecule has 0 bridgehead atoms. The third kappa shape index (κ3) is 5.33. The molecule has 2 aromatic heterocycles. The fourth-order valence-electron chi connectivity index (χ4n) is 4.25. The van der Waals surface area contributed by atoms with E-state index < -0.39 is 0 Å². The van der Waals surface area contributed by atoms with Gasteiger partial charge in [-0.05, 0) is 60.7 Å². The summed E-state index contributed by atoms with van der Waals surface area (Å²) in [5, 5.41) is 7.65. The number of nitrogens with one attached hydrogen (secondary N) is 2. The van der Waals surface area contributed by atoms with E-state index in [9.17, 15) is 4.79 Å². The summed E-state index contributed by atoms with van der Waals surface area (Å²) in [5.41, 5.74) is 2.26. The Morgan fingerprint density at radius 3 is 2.68 bits per heavy atom. The van der Waals surface area contributed by atoms with Gasteiger partial charge in [0, 0.05) is 29.3 Å². The lowest BCUT2D eigenvalue weighted by Gasteiger charge is -2.26. The Morgan fingerprint density at radius 1 is 1.14 bits per heavy atom. The minimum Gasteiger partial charge on any atom is -0.494 e. The third-order valence-electron chi connectivity index (χ3n) is 6.01. The van der Waals surface area contributed by atoms with Gasteiger partial charge in [0.15, 0.2) is 10.2 Å². The number of furan rings is 1. The minimum absolute atomic E-state index is 0.0865. The van der Waals surface area contributed by atoms with Crippen LogP contribution in [0.3, 0.4) is 0 Å². The number of rotatable bonds is 8. The zero-order valence-corrected chi connectivity index (χ0v) is 22.0. The Kier molecular flexibility index (Phi) is 7.43. The van der Waals surface area contributed by atoms with Crippen molar-refractivity contribution in [3.05, 3.63) is 96.5 Å². The highest BCUT2D eigenvalue weighted by atomic mass is 32.2. The van der Waals surface area contributed by atoms with Crippen LogP contribution in [0.25, 0.3) is 0 Å². The van der Waals surface area contributed by atoms with Crippen molar-refractivity contribution >= 4 is 46.4 Å². The number of carbonyl (C=O) groups is 1. The van der Waals surface area contributed by atoms with Gasteiger partial charge in [0.1, 0.15) is 17.6 Å². The van der Waals surface area contributed by atoms with Crippen molar-refractivity contribution < 1.29 is 13.9 Å². The quantitative estimate of drug-likeness (QED) is 0.255. The number of anilines is 2. The lowest BCUT2D eigenvalue weighted by Crippen LogP contribution is -2.29. The first-order valence-electron chi connectivity index (χ1n) is 11.9. The summed E-state index contributed by atoms with van der Waals surface area (Å²) in [4.78, 5) is 19.7. The summed E-state index contributed by atoms with van der Waals surface area (Å²) in [6, 6.07) is 25.0. The maximum Gasteiger partial charge on any atom is 0.224 e. The second kappa shape index (κ2) is 11.1. The topological polar surface area (TPSA) is 79.6 Å². The predicted octanol–water partition coefficient (Wildman–Crippen LogP) is 6.36. The van der Waals surface area contributed by atoms with Crippen LogP contribution in [0.5, 0.6) is 5.75 Å². The number of carbonyl (C=O) groups excluding carboxylic acids is 1. The molecule has 2 aromatic carbocycles. The van der Waals surface area contributed by atoms with Crippen molar-refractivity contribution in [2.45, 2.75) is 35.4 Å². The summed E-state index contributed by atoms with van der Waals surface area (Å²) in [7, 11) is 1.58. The van der Waals surface area contributed by atoms with Crippen LogP contribution >= 0.6 is 24.0 Å². The van der Waals surface area contributed by atoms with Crippen LogP contribution in [0.2, 0.25) is 0 Å². The molecule has 1 amide bonds. The van der Waals surface area contributed by atoms with E-state index in [0.717, 1.165) is 27.1 Å². The SMILES string of the molecule is CCC(=O)Nc1ccc(N2C(=S)N[C@@H](c3ccccn3)[C@@H]2c2ccc(Sc3ccccc3)o2)cc1OC. The highest BCUT2D eigenvalue weighted by Crippen LogP contribution is 2.44. The molecule has 2 atom stereocenters. The normalized spacial score (nSPS) is 16.9. The van der Waals surface area contributed by atoms with E-state index >= 15 is 0 Å². The molecule has 7 nitrogen and oxygen atoms in total. The second-order valence-electron chi connectivity index (χ2n) is 8.35. The molecule has 4 aromatic rings. The van der Waals surface area contributed by atoms with Gasteiger partial charge in [-0.25, -0.2) is 0 Å². The molecule has 5 rings (SSSR count). The standard InChI is InChI=1S/C28H26N4O3S2/c1-3-24(33)30-20-13-12-18(17-23(20)34-2)32-27(26(31-28(32)36)21-11-7-8-16-29-21)22-14-15-25(35-22)37-19-9-5-4-6-10-19/h4-17,26-27H,3H2,1-2H3,(H,30,33)(H,31,36)/t26-,27-/m0/s1. The molecule has 0 radical (unpaired) electrons. The molecular weight excluding hydrogens is 504 g/mol. The number of nitrogens with zero attached hydrogens (tertiary/aromatic N) is 2. The van der Waals surface area contributed by atoms with Gasteiger partial charge in [-0.1, -0.05) is 43.0 Å². The number of methoxy groups -OCH3 is 1. The van der Waals surface area contributed by atoms with E-state index in [1.54, 1.807) is 32.0 Å². The number of hydrogen-bond donors (Lipinski definition) is 2. The van der Waals surface area contributed by atoms with Gasteiger partial charge in [-0.2, -0.15) is 0 Å². The number of ether oxygens (including phenoxy) is 1. The van der Waals surface area contributed by atoms with Gasteiger partial charge in [-0.3, -0.25) is 9.78 Å². The van der Waals surface area contributed by atoms with Crippen molar-refractivity contribution in [2.75, 3.05) is 17.3 Å². The first kappa shape index (κ1) is 24.9. The molecule has 188 valence electrons. The Hall–Kier alpha value is -3.82. The van der Waals surface area contributed by atoms with Gasteiger partial charge in [0.05, 0.1) is 24.5 Å². The Labute approximate surface area is 225 Å². The summed E-state index contributed by atoms with van der Waals surface area (Å²) in [5.74, 6) is 1.21. The van der Waals surface area contributed by atoms with Gasteiger partial charge in [0.2, 0.25) is 5.91 Å². The van der Waals surface area contributed by atoms with E-state index in [1.807, 2.05) is 83.8 Å². The first-order valence-corrected chi connectivity index (χ1v) is 13.1. The molecule has 0 saturated carbocycles. The second-order valence-corrected chi connectivity index (χ2v) is 9.82. The smallest absolute Gasteiger partial charge is 0.224 e. The number of hydrogen-bond acceptors (Lipinski definition) is 6. The van der Waals surface area contributed by atoms with Crippen molar-refractivity contribution in [3.8, 4) is 5.75 Å². The average Bonchev–Trinajstić information content (AvgIpc) is 3.53. The van der Waals surface area contributed by atoms with Crippen LogP contribution in [-0.4, -0.2) is 23.1 Å². The molecule has 1 aliphatic heterocycles. The first-order chi connectivity index (χ1) is 18.1. The van der Waals surface area contributed by atoms with Crippen molar-refractivity contribution in [2.24, 2.45) is 0 Å². The van der Waals surface area contributed by atoms with Gasteiger partial charge in [0.25, 0.3) is 0 Å². The molecule has 37 heavy (non-hydrogen) atoms. The molecule has 0 aliphatic carbocycles. The zero-order valence-electron chi connectivity index (χ0n) is 20.4. The Morgan fingerprint density at radius 2 is 1.95 bits per heavy atom. The highest BCUT2D eigenvalue weighted by molar-refractivity contribution is 7.99. The third-order valence-corrected chi connectivity index (χ3v) is 7.25. The minimum atomic E-state index is -0.298. The molecule has 3 heterocycles. The molecule has 1 aliphatic rings. The zero-order chi connectivity index (χ0) is 25.8. The van der Waals surface area contributed by atoms with Gasteiger partial charge >= 0.3 is 0 Å². The van der Waals surface area contributed by atoms with Crippen molar-refractivity contribution in [3.63, 3.8) is 0 Å². The van der Waals surface area contributed by atoms with E-state index in [1.165, 1.54) is 0 Å². The monoisotopic (exact) mass is 530 g/mol. The maximum absolute atomic E-state index is 12.0. The number of pyridine rings is 1. The Bertz CT molecular complexity index is 1400. The summed E-state index contributed by atoms with van der Waals surface area (Å²) < 4.78 is 12.0. The Balaban J connectivity index is 1.53. The molecule has 1 fully saturated rings. The predicted molar refractivity (Wildman–Crippen MR) is 149 cm³/mol. The van der Waals surface area contributed by atoms with Crippen LogP contribution in [-0.2, 0) is 4.79 Å².